The van der Waals surface area contributed by atoms with E-state index in [1.165, 1.54) is 0 Å². The Morgan fingerprint density at radius 2 is 1.54 bits per heavy atom. The molecule has 0 aromatic heterocycles. The average molecular weight is 514 g/mol. The molecule has 1 aromatic rings. The average Bonchev–Trinajstić information content (AvgIpc) is 2.83. The van der Waals surface area contributed by atoms with Crippen molar-refractivity contribution in [2.24, 2.45) is 5.41 Å². The number of hydrogen-bond acceptors (Lipinski definition) is 6. The molecule has 0 bridgehead atoms. The largest absolute Gasteiger partial charge is 0.445 e. The molecule has 1 aromatic carbocycles. The molecule has 1 spiro atoms. The number of benzene rings is 1. The molecule has 1 aliphatic carbocycles. The normalized spacial score (nSPS) is 26.4. The zero-order valence-corrected chi connectivity index (χ0v) is 22.7. The molecule has 204 valence electrons. The number of likely N-dealkylation sites (tertiary alicyclic amines) is 3. The lowest BCUT2D eigenvalue weighted by atomic mass is 9.71. The van der Waals surface area contributed by atoms with Crippen LogP contribution < -0.4 is 0 Å². The molecule has 3 saturated heterocycles. The molecule has 5 rings (SSSR count). The van der Waals surface area contributed by atoms with Gasteiger partial charge in [-0.2, -0.15) is 0 Å². The SMILES string of the molecule is CC(C)(C)OC(=O)N1CCC(OC2CC(N3CCC4(CC3)CN(C(=O)OCc3ccccc3)C4)C2)CC1. The van der Waals surface area contributed by atoms with E-state index in [1.54, 1.807) is 0 Å². The predicted octanol–water partition coefficient (Wildman–Crippen LogP) is 4.67. The molecule has 8 nitrogen and oxygen atoms in total. The summed E-state index contributed by atoms with van der Waals surface area (Å²) in [5.41, 5.74) is 0.851. The molecule has 4 fully saturated rings. The van der Waals surface area contributed by atoms with Crippen LogP contribution in [-0.2, 0) is 20.8 Å². The van der Waals surface area contributed by atoms with E-state index in [4.69, 9.17) is 14.2 Å². The van der Waals surface area contributed by atoms with E-state index in [-0.39, 0.29) is 23.7 Å². The Balaban J connectivity index is 0.948. The predicted molar refractivity (Wildman–Crippen MR) is 140 cm³/mol. The third kappa shape index (κ3) is 6.58. The monoisotopic (exact) mass is 513 g/mol. The van der Waals surface area contributed by atoms with Crippen LogP contribution in [0.3, 0.4) is 0 Å². The number of piperidine rings is 2. The summed E-state index contributed by atoms with van der Waals surface area (Å²) in [7, 11) is 0. The number of carbonyl (C=O) groups is 2. The topological polar surface area (TPSA) is 71.5 Å². The number of ether oxygens (including phenoxy) is 3. The fourth-order valence-electron chi connectivity index (χ4n) is 6.10. The van der Waals surface area contributed by atoms with Gasteiger partial charge in [0, 0.05) is 37.6 Å². The van der Waals surface area contributed by atoms with Gasteiger partial charge in [-0.05, 0) is 77.9 Å². The van der Waals surface area contributed by atoms with Gasteiger partial charge in [-0.3, -0.25) is 0 Å². The van der Waals surface area contributed by atoms with Gasteiger partial charge in [0.05, 0.1) is 12.2 Å². The second-order valence-corrected chi connectivity index (χ2v) is 12.5. The molecular weight excluding hydrogens is 470 g/mol. The lowest BCUT2D eigenvalue weighted by molar-refractivity contribution is -0.116. The number of hydrogen-bond donors (Lipinski definition) is 0. The minimum absolute atomic E-state index is 0.187. The number of nitrogens with zero attached hydrogens (tertiary/aromatic N) is 3. The molecule has 4 aliphatic rings. The highest BCUT2D eigenvalue weighted by atomic mass is 16.6. The first-order valence-electron chi connectivity index (χ1n) is 14.0. The first-order valence-corrected chi connectivity index (χ1v) is 14.0. The van der Waals surface area contributed by atoms with E-state index < -0.39 is 5.60 Å². The summed E-state index contributed by atoms with van der Waals surface area (Å²) in [6.07, 6.45) is 6.49. The summed E-state index contributed by atoms with van der Waals surface area (Å²) in [4.78, 5) is 31.0. The van der Waals surface area contributed by atoms with Crippen LogP contribution in [0.4, 0.5) is 9.59 Å². The second kappa shape index (κ2) is 10.8. The Kier molecular flexibility index (Phi) is 7.68. The van der Waals surface area contributed by atoms with E-state index in [0.717, 1.165) is 70.3 Å². The second-order valence-electron chi connectivity index (χ2n) is 12.5. The molecule has 2 amide bonds. The van der Waals surface area contributed by atoms with Crippen molar-refractivity contribution >= 4 is 12.2 Å². The van der Waals surface area contributed by atoms with Gasteiger partial charge in [-0.25, -0.2) is 9.59 Å². The zero-order valence-electron chi connectivity index (χ0n) is 22.7. The molecule has 0 atom stereocenters. The van der Waals surface area contributed by atoms with Crippen molar-refractivity contribution < 1.29 is 23.8 Å². The van der Waals surface area contributed by atoms with E-state index in [9.17, 15) is 9.59 Å². The first-order chi connectivity index (χ1) is 17.7. The van der Waals surface area contributed by atoms with Gasteiger partial charge in [0.15, 0.2) is 0 Å². The summed E-state index contributed by atoms with van der Waals surface area (Å²) >= 11 is 0. The van der Waals surface area contributed by atoms with Crippen molar-refractivity contribution in [2.45, 2.75) is 89.8 Å². The first kappa shape index (κ1) is 26.3. The van der Waals surface area contributed by atoms with Crippen molar-refractivity contribution in [1.82, 2.24) is 14.7 Å². The van der Waals surface area contributed by atoms with E-state index in [1.807, 2.05) is 60.9 Å². The van der Waals surface area contributed by atoms with Crippen LogP contribution in [0.5, 0.6) is 0 Å². The molecule has 0 N–H and O–H groups in total. The summed E-state index contributed by atoms with van der Waals surface area (Å²) < 4.78 is 17.4. The molecular formula is C29H43N3O5. The fourth-order valence-corrected chi connectivity index (χ4v) is 6.10. The Morgan fingerprint density at radius 3 is 2.16 bits per heavy atom. The smallest absolute Gasteiger partial charge is 0.410 e. The van der Waals surface area contributed by atoms with Gasteiger partial charge in [0.25, 0.3) is 0 Å². The number of amides is 2. The maximum absolute atomic E-state index is 12.4. The van der Waals surface area contributed by atoms with Crippen LogP contribution in [0.25, 0.3) is 0 Å². The molecule has 0 radical (unpaired) electrons. The standard InChI is InChI=1S/C29H43N3O5/c1-28(2,3)37-27(34)31-13-9-24(10-14-31)36-25-17-23(18-25)30-15-11-29(12-16-30)20-32(21-29)26(33)35-19-22-7-5-4-6-8-22/h4-8,23-25H,9-21H2,1-3H3. The van der Waals surface area contributed by atoms with E-state index in [2.05, 4.69) is 4.90 Å². The molecule has 1 saturated carbocycles. The van der Waals surface area contributed by atoms with Gasteiger partial charge in [0.1, 0.15) is 12.2 Å². The Morgan fingerprint density at radius 1 is 0.892 bits per heavy atom. The maximum Gasteiger partial charge on any atom is 0.410 e. The summed E-state index contributed by atoms with van der Waals surface area (Å²) in [6.45, 7) is 11.3. The Labute approximate surface area is 221 Å². The lowest BCUT2D eigenvalue weighted by Crippen LogP contribution is -2.63. The fraction of sp³-hybridized carbons (Fsp3) is 0.724. The molecule has 3 heterocycles. The van der Waals surface area contributed by atoms with Gasteiger partial charge >= 0.3 is 12.2 Å². The highest BCUT2D eigenvalue weighted by Crippen LogP contribution is 2.43. The van der Waals surface area contributed by atoms with Crippen LogP contribution in [0.15, 0.2) is 30.3 Å². The Bertz CT molecular complexity index is 919. The summed E-state index contributed by atoms with van der Waals surface area (Å²) in [5, 5.41) is 0. The highest BCUT2D eigenvalue weighted by Gasteiger charge is 2.49. The van der Waals surface area contributed by atoms with Crippen LogP contribution in [-0.4, -0.2) is 90.0 Å². The number of rotatable bonds is 5. The maximum atomic E-state index is 12.4. The molecule has 37 heavy (non-hydrogen) atoms. The summed E-state index contributed by atoms with van der Waals surface area (Å²) in [6, 6.07) is 10.5. The van der Waals surface area contributed by atoms with Gasteiger partial charge in [-0.15, -0.1) is 0 Å². The Hall–Kier alpha value is -2.32. The third-order valence-electron chi connectivity index (χ3n) is 8.44. The molecule has 3 aliphatic heterocycles. The zero-order chi connectivity index (χ0) is 26.0. The molecule has 8 heteroatoms. The lowest BCUT2D eigenvalue weighted by Gasteiger charge is -2.55. The van der Waals surface area contributed by atoms with Crippen LogP contribution in [0.2, 0.25) is 0 Å². The quantitative estimate of drug-likeness (QED) is 0.570. The van der Waals surface area contributed by atoms with Crippen molar-refractivity contribution in [2.75, 3.05) is 39.3 Å². The van der Waals surface area contributed by atoms with Crippen LogP contribution >= 0.6 is 0 Å². The van der Waals surface area contributed by atoms with Gasteiger partial charge in [-0.1, -0.05) is 30.3 Å². The van der Waals surface area contributed by atoms with Crippen molar-refractivity contribution in [3.8, 4) is 0 Å². The van der Waals surface area contributed by atoms with Gasteiger partial charge < -0.3 is 28.9 Å². The molecule has 0 unspecified atom stereocenters. The summed E-state index contributed by atoms with van der Waals surface area (Å²) in [5.74, 6) is 0. The third-order valence-corrected chi connectivity index (χ3v) is 8.44. The van der Waals surface area contributed by atoms with E-state index in [0.29, 0.717) is 31.8 Å². The van der Waals surface area contributed by atoms with Crippen molar-refractivity contribution in [3.05, 3.63) is 35.9 Å². The highest BCUT2D eigenvalue weighted by molar-refractivity contribution is 5.69. The number of carbonyl (C=O) groups excluding carboxylic acids is 2. The van der Waals surface area contributed by atoms with Crippen LogP contribution in [0, 0.1) is 5.41 Å². The van der Waals surface area contributed by atoms with Gasteiger partial charge in [0.2, 0.25) is 0 Å². The minimum atomic E-state index is -0.453. The van der Waals surface area contributed by atoms with Crippen molar-refractivity contribution in [1.29, 1.82) is 0 Å². The minimum Gasteiger partial charge on any atom is -0.445 e. The van der Waals surface area contributed by atoms with Crippen molar-refractivity contribution in [3.63, 3.8) is 0 Å². The van der Waals surface area contributed by atoms with Crippen LogP contribution in [0.1, 0.15) is 64.9 Å². The van der Waals surface area contributed by atoms with E-state index >= 15 is 0 Å².